The summed E-state index contributed by atoms with van der Waals surface area (Å²) in [6, 6.07) is -31.3. The Balaban J connectivity index is 3.38. The van der Waals surface area contributed by atoms with E-state index in [4.69, 9.17) is 27.7 Å². The van der Waals surface area contributed by atoms with Crippen LogP contribution >= 0.6 is 23.5 Å². The summed E-state index contributed by atoms with van der Waals surface area (Å²) in [6.07, 6.45) is -3.82. The monoisotopic (exact) mass is 2110 g/mol. The first-order valence-electron chi connectivity index (χ1n) is 47.1. The second-order valence-corrected chi connectivity index (χ2v) is 38.2. The molecule has 0 bridgehead atoms. The summed E-state index contributed by atoms with van der Waals surface area (Å²) in [7, 11) is 0. The molecule has 1 fully saturated rings. The average Bonchev–Trinajstić information content (AvgIpc) is 1.70. The average molecular weight is 2110 g/mol. The maximum Gasteiger partial charge on any atom is 0.328 e. The van der Waals surface area contributed by atoms with Crippen molar-refractivity contribution >= 4 is 166 Å². The third kappa shape index (κ3) is 46.6. The first-order chi connectivity index (χ1) is 67.8. The Labute approximate surface area is 846 Å². The van der Waals surface area contributed by atoms with Gasteiger partial charge in [0.15, 0.2) is 5.96 Å². The third-order valence-electron chi connectivity index (χ3n) is 22.7. The van der Waals surface area contributed by atoms with Gasteiger partial charge in [-0.25, -0.2) is 4.79 Å². The molecule has 1 aliphatic heterocycles. The van der Waals surface area contributed by atoms with Gasteiger partial charge in [0.25, 0.3) is 0 Å². The Hall–Kier alpha value is -12.5. The number of nitrogens with zero attached hydrogens (tertiary/aromatic N) is 1. The van der Waals surface area contributed by atoms with Gasteiger partial charge in [-0.05, 0) is 132 Å². The number of rotatable bonds is 69. The molecule has 0 unspecified atom stereocenters. The number of thioether (sulfide) groups is 2. The van der Waals surface area contributed by atoms with Crippen molar-refractivity contribution < 1.29 is 156 Å². The fraction of sp³-hybridized carbons (Fsp3) is 0.724. The van der Waals surface area contributed by atoms with E-state index in [-0.39, 0.29) is 69.5 Å². The van der Waals surface area contributed by atoms with E-state index >= 15 is 0 Å². The van der Waals surface area contributed by atoms with Gasteiger partial charge in [-0.15, -0.1) is 0 Å². The number of amides is 20. The molecule has 0 aromatic rings. The number of primary amides is 1. The number of nitrogens with two attached hydrogens (primary N) is 3. The van der Waals surface area contributed by atoms with Crippen LogP contribution in [-0.4, -0.2) is 390 Å². The summed E-state index contributed by atoms with van der Waals surface area (Å²) in [5.41, 5.74) is 16.5. The predicted octanol–water partition coefficient (Wildman–Crippen LogP) is -12.1. The summed E-state index contributed by atoms with van der Waals surface area (Å²) in [4.78, 5) is 312. The molecule has 145 heavy (non-hydrogen) atoms. The fourth-order valence-corrected chi connectivity index (χ4v) is 15.1. The number of carboxylic acids is 3. The number of carboxylic acid groups (broad SMARTS) is 3. The van der Waals surface area contributed by atoms with Gasteiger partial charge < -0.3 is 169 Å². The Kier molecular flexibility index (Phi) is 59.9. The van der Waals surface area contributed by atoms with Crippen LogP contribution in [0.15, 0.2) is 0 Å². The zero-order valence-electron chi connectivity index (χ0n) is 84.0. The standard InChI is InChI=1S/C87H150N24O32S2/c1-16-42(10)65(108-69(125)46(88)32-61(122)123)82(138)107-64(41(8)9)79(135)98-51(26-30-145-15)75(131)110-67(45(13)117)84(140)97-49(21-23-58(89)118)72(128)103-55(36-114)85(141)111-28-18-20-57(111)78(134)94-43(11)68(124)109-66(44(12)116)83(139)99-50(25-29-144-14)73(129)101-54(35-113)77(133)106-62(39(4)5)80(136)102-53(34-112)76(132)100-52(31-38(2)3)70(126)93-33-59(119)95-48(22-24-60(120)121)71(127)96-47(19-17-27-92-87(90)91)74(130)105-63(40(6)7)81(137)104-56(37-115)86(142)143/h38-57,62-67,112-117H,16-37,88H2,1-15H3,(H2,89,118)(H,93,126)(H,94,134)(H,95,119)(H,96,127)(H,97,140)(H,98,135)(H,99,139)(H,100,132)(H,101,129)(H,102,136)(H,103,128)(H,104,137)(H,105,130)(H,106,133)(H,107,138)(H,108,125)(H,109,124)(H,110,131)(H,120,121)(H,122,123)(H,142,143)(H4,90,91,92)/t42-,43-,44+,45+,46-,47-,48-,49-,50-,51-,52-,53-,54-,55-,56-,57-,62-,63-,64-,65-,66-,67-/m0/s1. The van der Waals surface area contributed by atoms with E-state index in [2.05, 4.69) is 101 Å². The molecule has 0 aliphatic carbocycles. The smallest absolute Gasteiger partial charge is 0.328 e. The van der Waals surface area contributed by atoms with Crippen molar-refractivity contribution in [2.75, 3.05) is 70.1 Å². The summed E-state index contributed by atoms with van der Waals surface area (Å²) in [5.74, 6) is -29.4. The number of aliphatic hydroxyl groups is 6. The van der Waals surface area contributed by atoms with Gasteiger partial charge in [0, 0.05) is 25.9 Å². The van der Waals surface area contributed by atoms with Crippen LogP contribution in [0.2, 0.25) is 0 Å². The van der Waals surface area contributed by atoms with E-state index in [1.807, 2.05) is 0 Å². The lowest BCUT2D eigenvalue weighted by Gasteiger charge is -2.31. The van der Waals surface area contributed by atoms with Crippen LogP contribution in [0.4, 0.5) is 0 Å². The summed E-state index contributed by atoms with van der Waals surface area (Å²) in [6.45, 7) is 13.2. The van der Waals surface area contributed by atoms with Gasteiger partial charge in [-0.1, -0.05) is 75.7 Å². The number of hydrogen-bond acceptors (Lipinski definition) is 33. The molecule has 0 radical (unpaired) electrons. The van der Waals surface area contributed by atoms with Crippen LogP contribution in [0.5, 0.6) is 0 Å². The Morgan fingerprint density at radius 2 is 0.752 bits per heavy atom. The Bertz CT molecular complexity index is 4420. The molecule has 1 rings (SSSR count). The van der Waals surface area contributed by atoms with Gasteiger partial charge in [0.2, 0.25) is 118 Å². The van der Waals surface area contributed by atoms with Crippen molar-refractivity contribution in [1.82, 2.24) is 106 Å². The largest absolute Gasteiger partial charge is 0.481 e. The van der Waals surface area contributed by atoms with Crippen molar-refractivity contribution in [2.24, 2.45) is 46.8 Å². The van der Waals surface area contributed by atoms with Gasteiger partial charge in [0.1, 0.15) is 109 Å². The molecule has 0 aromatic carbocycles. The van der Waals surface area contributed by atoms with E-state index < -0.39 is 364 Å². The maximum absolute atomic E-state index is 14.3. The number of likely N-dealkylation sites (tertiary alicyclic amines) is 1. The van der Waals surface area contributed by atoms with Crippen molar-refractivity contribution in [2.45, 2.75) is 300 Å². The fourth-order valence-electron chi connectivity index (χ4n) is 14.1. The first-order valence-corrected chi connectivity index (χ1v) is 49.9. The maximum atomic E-state index is 14.3. The van der Waals surface area contributed by atoms with Gasteiger partial charge >= 0.3 is 17.9 Å². The van der Waals surface area contributed by atoms with Crippen LogP contribution in [-0.2, 0) is 110 Å². The Morgan fingerprint density at radius 3 is 1.17 bits per heavy atom. The lowest BCUT2D eigenvalue weighted by molar-refractivity contribution is -0.144. The van der Waals surface area contributed by atoms with Crippen molar-refractivity contribution in [3.63, 3.8) is 0 Å². The van der Waals surface area contributed by atoms with E-state index in [9.17, 15) is 151 Å². The van der Waals surface area contributed by atoms with Crippen LogP contribution in [0.1, 0.15) is 173 Å². The highest BCUT2D eigenvalue weighted by Gasteiger charge is 2.44. The molecule has 35 N–H and O–H groups in total. The topological polar surface area (TPSA) is 908 Å². The van der Waals surface area contributed by atoms with Crippen LogP contribution in [0.3, 0.4) is 0 Å². The minimum Gasteiger partial charge on any atom is -0.481 e. The highest BCUT2D eigenvalue weighted by Crippen LogP contribution is 2.21. The lowest BCUT2D eigenvalue weighted by Crippen LogP contribution is -2.63. The minimum absolute atomic E-state index is 0.0192. The highest BCUT2D eigenvalue weighted by molar-refractivity contribution is 7.98. The molecule has 56 nitrogen and oxygen atoms in total. The normalized spacial score (nSPS) is 16.7. The molecule has 0 aromatic heterocycles. The molecule has 1 heterocycles. The molecule has 1 aliphatic rings. The number of guanidine groups is 1. The molecule has 0 saturated carbocycles. The number of nitrogens with one attached hydrogen (secondary N) is 20. The SMILES string of the molecule is CC[C@H](C)[C@H](NC(=O)[C@@H](N)CC(=O)O)C(=O)N[C@H](C(=O)N[C@@H](CCSC)C(=O)N[C@H](C(=O)N[C@@H](CCC(N)=O)C(=O)N[C@@H](CO)C(=O)N1CCC[C@H]1C(=O)N[C@@H](C)C(=O)N[C@H](C(=O)N[C@@H](CCSC)C(=O)N[C@@H](CO)C(=O)N[C@H](C(=O)N[C@@H](CO)C(=O)N[C@@H](CC(C)C)C(=O)NCC(=O)N[C@@H](CCC(=O)O)C(=O)N[C@@H](CCCNC(=N)N)C(=O)N[C@H](C(=O)N[C@@H](CO)C(=O)O)C(C)C)C(C)C)[C@@H](C)O)[C@@H](C)O)C(C)C. The van der Waals surface area contributed by atoms with Crippen molar-refractivity contribution in [3.05, 3.63) is 0 Å². The molecule has 22 atom stereocenters. The van der Waals surface area contributed by atoms with E-state index in [1.54, 1.807) is 54.1 Å². The minimum atomic E-state index is -1.93. The molecule has 0 spiro atoms. The molecule has 1 saturated heterocycles. The quantitative estimate of drug-likeness (QED) is 0.0153. The van der Waals surface area contributed by atoms with Crippen LogP contribution in [0.25, 0.3) is 0 Å². The number of aliphatic carboxylic acids is 3. The third-order valence-corrected chi connectivity index (χ3v) is 24.0. The van der Waals surface area contributed by atoms with Gasteiger partial charge in [0.05, 0.1) is 57.6 Å². The zero-order chi connectivity index (χ0) is 111. The van der Waals surface area contributed by atoms with Crippen LogP contribution in [0, 0.1) is 35.0 Å². The number of aliphatic hydroxyl groups excluding tert-OH is 6. The number of carbonyl (C=O) groups is 23. The summed E-state index contributed by atoms with van der Waals surface area (Å²) < 4.78 is 0. The molecule has 20 amide bonds. The molecule has 822 valence electrons. The van der Waals surface area contributed by atoms with Crippen molar-refractivity contribution in [3.8, 4) is 0 Å². The summed E-state index contributed by atoms with van der Waals surface area (Å²) >= 11 is 2.43. The number of hydrogen-bond donors (Lipinski definition) is 32. The second kappa shape index (κ2) is 66.5. The summed E-state index contributed by atoms with van der Waals surface area (Å²) in [5, 5.41) is 143. The zero-order valence-corrected chi connectivity index (χ0v) is 85.6. The number of carbonyl (C=O) groups excluding carboxylic acids is 20. The molecular weight excluding hydrogens is 1960 g/mol. The van der Waals surface area contributed by atoms with Gasteiger partial charge in [-0.3, -0.25) is 111 Å². The second-order valence-electron chi connectivity index (χ2n) is 36.2. The predicted molar refractivity (Wildman–Crippen MR) is 520 cm³/mol. The van der Waals surface area contributed by atoms with Crippen LogP contribution < -0.4 is 118 Å². The Morgan fingerprint density at radius 1 is 0.393 bits per heavy atom. The molecule has 58 heteroatoms. The van der Waals surface area contributed by atoms with E-state index in [1.165, 1.54) is 51.2 Å². The van der Waals surface area contributed by atoms with Crippen molar-refractivity contribution in [1.29, 1.82) is 5.41 Å². The first kappa shape index (κ1) is 131. The lowest BCUT2D eigenvalue weighted by atomic mass is 9.96. The highest BCUT2D eigenvalue weighted by atomic mass is 32.2. The molecular formula is C87H150N24O32S2. The van der Waals surface area contributed by atoms with E-state index in [0.717, 1.165) is 25.7 Å². The van der Waals surface area contributed by atoms with E-state index in [0.29, 0.717) is 6.42 Å². The van der Waals surface area contributed by atoms with Gasteiger partial charge in [-0.2, -0.15) is 23.5 Å².